The van der Waals surface area contributed by atoms with Crippen molar-refractivity contribution in [2.45, 2.75) is 19.5 Å². The Hall–Kier alpha value is -2.27. The number of benzene rings is 2. The molecule has 5 heteroatoms. The molecule has 3 nitrogen and oxygen atoms in total. The summed E-state index contributed by atoms with van der Waals surface area (Å²) in [5, 5.41) is 2.70. The van der Waals surface area contributed by atoms with Gasteiger partial charge in [-0.2, -0.15) is 0 Å². The maximum absolute atomic E-state index is 13.1. The van der Waals surface area contributed by atoms with Crippen molar-refractivity contribution >= 4 is 5.91 Å². The van der Waals surface area contributed by atoms with Gasteiger partial charge >= 0.3 is 0 Å². The van der Waals surface area contributed by atoms with Crippen molar-refractivity contribution in [2.24, 2.45) is 5.73 Å². The molecule has 0 bridgehead atoms. The predicted octanol–water partition coefficient (Wildman–Crippen LogP) is 2.91. The van der Waals surface area contributed by atoms with Crippen molar-refractivity contribution in [2.75, 3.05) is 0 Å². The van der Waals surface area contributed by atoms with Crippen LogP contribution in [-0.2, 0) is 6.54 Å². The summed E-state index contributed by atoms with van der Waals surface area (Å²) in [5.74, 6) is -2.08. The molecule has 0 saturated heterocycles. The number of hydrogen-bond acceptors (Lipinski definition) is 2. The molecule has 0 aliphatic rings. The lowest BCUT2D eigenvalue weighted by Gasteiger charge is -2.15. The minimum absolute atomic E-state index is 0.0436. The summed E-state index contributed by atoms with van der Waals surface area (Å²) >= 11 is 0. The Kier molecular flexibility index (Phi) is 4.65. The highest BCUT2D eigenvalue weighted by molar-refractivity contribution is 5.94. The molecule has 0 spiro atoms. The van der Waals surface area contributed by atoms with Crippen LogP contribution in [0.15, 0.2) is 42.5 Å². The highest BCUT2D eigenvalue weighted by Gasteiger charge is 2.13. The molecule has 0 aromatic heterocycles. The first-order chi connectivity index (χ1) is 9.99. The van der Waals surface area contributed by atoms with Crippen molar-refractivity contribution in [3.05, 3.63) is 70.8 Å². The van der Waals surface area contributed by atoms with Crippen molar-refractivity contribution in [1.29, 1.82) is 0 Å². The van der Waals surface area contributed by atoms with Gasteiger partial charge in [0.15, 0.2) is 0 Å². The third-order valence-corrected chi connectivity index (χ3v) is 3.19. The molecule has 2 aromatic carbocycles. The molecule has 1 atom stereocenters. The average Bonchev–Trinajstić information content (AvgIpc) is 2.46. The first-order valence-corrected chi connectivity index (χ1v) is 6.55. The van der Waals surface area contributed by atoms with E-state index in [1.807, 2.05) is 24.3 Å². The topological polar surface area (TPSA) is 55.1 Å². The molecule has 0 aliphatic heterocycles. The number of nitrogens with two attached hydrogens (primary N) is 1. The predicted molar refractivity (Wildman–Crippen MR) is 76.6 cm³/mol. The summed E-state index contributed by atoms with van der Waals surface area (Å²) in [6.07, 6.45) is 0. The molecule has 1 amide bonds. The number of amides is 1. The summed E-state index contributed by atoms with van der Waals surface area (Å²) in [6, 6.07) is 9.92. The molecule has 2 aromatic rings. The van der Waals surface area contributed by atoms with Crippen LogP contribution in [0.25, 0.3) is 0 Å². The molecule has 3 N–H and O–H groups in total. The van der Waals surface area contributed by atoms with Crippen LogP contribution in [0.1, 0.15) is 34.5 Å². The smallest absolute Gasteiger partial charge is 0.251 e. The maximum Gasteiger partial charge on any atom is 0.251 e. The Balaban J connectivity index is 2.10. The highest BCUT2D eigenvalue weighted by Crippen LogP contribution is 2.15. The van der Waals surface area contributed by atoms with Crippen LogP contribution in [0.4, 0.5) is 8.78 Å². The highest BCUT2D eigenvalue weighted by atomic mass is 19.1. The van der Waals surface area contributed by atoms with E-state index in [0.717, 1.165) is 29.3 Å². The SMILES string of the molecule is CC(NC(=O)c1cc(F)cc(F)c1)c1ccc(CN)cc1. The molecule has 21 heavy (non-hydrogen) atoms. The molecule has 110 valence electrons. The number of carbonyl (C=O) groups is 1. The van der Waals surface area contributed by atoms with E-state index in [-0.39, 0.29) is 11.6 Å². The summed E-state index contributed by atoms with van der Waals surface area (Å²) in [4.78, 5) is 12.0. The Bertz CT molecular complexity index is 621. The number of halogens is 2. The monoisotopic (exact) mass is 290 g/mol. The van der Waals surface area contributed by atoms with Crippen LogP contribution < -0.4 is 11.1 Å². The largest absolute Gasteiger partial charge is 0.346 e. The first-order valence-electron chi connectivity index (χ1n) is 6.55. The van der Waals surface area contributed by atoms with Gasteiger partial charge in [0.1, 0.15) is 11.6 Å². The second-order valence-electron chi connectivity index (χ2n) is 4.80. The van der Waals surface area contributed by atoms with Gasteiger partial charge in [0.05, 0.1) is 6.04 Å². The average molecular weight is 290 g/mol. The maximum atomic E-state index is 13.1. The van der Waals surface area contributed by atoms with Gasteiger partial charge in [-0.1, -0.05) is 24.3 Å². The lowest BCUT2D eigenvalue weighted by molar-refractivity contribution is 0.0939. The van der Waals surface area contributed by atoms with Crippen LogP contribution in [0.3, 0.4) is 0 Å². The van der Waals surface area contributed by atoms with E-state index < -0.39 is 17.5 Å². The molecule has 1 unspecified atom stereocenters. The van der Waals surface area contributed by atoms with Crippen LogP contribution in [0.2, 0.25) is 0 Å². The van der Waals surface area contributed by atoms with Gasteiger partial charge in [-0.25, -0.2) is 8.78 Å². The van der Waals surface area contributed by atoms with Crippen LogP contribution >= 0.6 is 0 Å². The van der Waals surface area contributed by atoms with Crippen molar-refractivity contribution in [1.82, 2.24) is 5.32 Å². The quantitative estimate of drug-likeness (QED) is 0.909. The van der Waals surface area contributed by atoms with Crippen molar-refractivity contribution in [3.63, 3.8) is 0 Å². The third kappa shape index (κ3) is 3.86. The normalized spacial score (nSPS) is 12.0. The second kappa shape index (κ2) is 6.45. The zero-order valence-corrected chi connectivity index (χ0v) is 11.6. The van der Waals surface area contributed by atoms with Crippen LogP contribution in [0.5, 0.6) is 0 Å². The van der Waals surface area contributed by atoms with Gasteiger partial charge in [-0.3, -0.25) is 4.79 Å². The Labute approximate surface area is 121 Å². The summed E-state index contributed by atoms with van der Waals surface area (Å²) in [6.45, 7) is 2.24. The number of hydrogen-bond donors (Lipinski definition) is 2. The molecular weight excluding hydrogens is 274 g/mol. The van der Waals surface area contributed by atoms with E-state index >= 15 is 0 Å². The van der Waals surface area contributed by atoms with Gasteiger partial charge in [-0.05, 0) is 30.2 Å². The molecule has 0 heterocycles. The Morgan fingerprint density at radius 1 is 1.14 bits per heavy atom. The standard InChI is InChI=1S/C16H16F2N2O/c1-10(12-4-2-11(9-19)3-5-12)20-16(21)13-6-14(17)8-15(18)7-13/h2-8,10H,9,19H2,1H3,(H,20,21). The number of carbonyl (C=O) groups excluding carboxylic acids is 1. The van der Waals surface area contributed by atoms with Gasteiger partial charge < -0.3 is 11.1 Å². The van der Waals surface area contributed by atoms with Gasteiger partial charge in [-0.15, -0.1) is 0 Å². The molecule has 2 rings (SSSR count). The summed E-state index contributed by atoms with van der Waals surface area (Å²) in [7, 11) is 0. The fourth-order valence-electron chi connectivity index (χ4n) is 1.99. The third-order valence-electron chi connectivity index (χ3n) is 3.19. The van der Waals surface area contributed by atoms with E-state index in [2.05, 4.69) is 5.32 Å². The lowest BCUT2D eigenvalue weighted by atomic mass is 10.1. The zero-order valence-electron chi connectivity index (χ0n) is 11.6. The van der Waals surface area contributed by atoms with Crippen molar-refractivity contribution < 1.29 is 13.6 Å². The molecule has 0 saturated carbocycles. The summed E-state index contributed by atoms with van der Waals surface area (Å²) < 4.78 is 26.2. The van der Waals surface area contributed by atoms with E-state index in [9.17, 15) is 13.6 Å². The Morgan fingerprint density at radius 3 is 2.24 bits per heavy atom. The fraction of sp³-hybridized carbons (Fsp3) is 0.188. The second-order valence-corrected chi connectivity index (χ2v) is 4.80. The van der Waals surface area contributed by atoms with Crippen molar-refractivity contribution in [3.8, 4) is 0 Å². The van der Waals surface area contributed by atoms with E-state index in [1.165, 1.54) is 0 Å². The van der Waals surface area contributed by atoms with Gasteiger partial charge in [0.25, 0.3) is 5.91 Å². The summed E-state index contributed by atoms with van der Waals surface area (Å²) in [5.41, 5.74) is 7.35. The zero-order chi connectivity index (χ0) is 15.4. The minimum atomic E-state index is -0.778. The van der Waals surface area contributed by atoms with E-state index in [4.69, 9.17) is 5.73 Å². The first kappa shape index (κ1) is 15.1. The number of rotatable bonds is 4. The minimum Gasteiger partial charge on any atom is -0.346 e. The Morgan fingerprint density at radius 2 is 1.71 bits per heavy atom. The van der Waals surface area contributed by atoms with E-state index in [1.54, 1.807) is 6.92 Å². The molecule has 0 fully saturated rings. The van der Waals surface area contributed by atoms with E-state index in [0.29, 0.717) is 6.54 Å². The van der Waals surface area contributed by atoms with Gasteiger partial charge in [0.2, 0.25) is 0 Å². The number of nitrogens with one attached hydrogen (secondary N) is 1. The molecular formula is C16H16F2N2O. The molecule has 0 radical (unpaired) electrons. The van der Waals surface area contributed by atoms with Crippen LogP contribution in [0, 0.1) is 11.6 Å². The lowest BCUT2D eigenvalue weighted by Crippen LogP contribution is -2.26. The fourth-order valence-corrected chi connectivity index (χ4v) is 1.99. The van der Waals surface area contributed by atoms with Gasteiger partial charge in [0, 0.05) is 18.2 Å². The molecule has 0 aliphatic carbocycles. The van der Waals surface area contributed by atoms with Crippen LogP contribution in [-0.4, -0.2) is 5.91 Å².